The maximum atomic E-state index is 6.11. The van der Waals surface area contributed by atoms with Crippen molar-refractivity contribution in [3.05, 3.63) is 0 Å². The molecular weight excluding hydrogens is 568 g/mol. The van der Waals surface area contributed by atoms with Crippen molar-refractivity contribution in [3.63, 3.8) is 0 Å². The Morgan fingerprint density at radius 3 is 1.43 bits per heavy atom. The molecule has 2 aromatic heterocycles. The topological polar surface area (TPSA) is 120 Å². The van der Waals surface area contributed by atoms with E-state index < -0.39 is 0 Å². The number of methoxy groups -OCH3 is 5. The van der Waals surface area contributed by atoms with E-state index in [1.165, 1.54) is 0 Å². The molecule has 14 nitrogen and oxygen atoms in total. The Bertz CT molecular complexity index is 1130. The molecule has 0 saturated carbocycles. The number of hydrogen-bond donors (Lipinski definition) is 0. The lowest BCUT2D eigenvalue weighted by molar-refractivity contribution is -0.00537. The van der Waals surface area contributed by atoms with Gasteiger partial charge in [-0.25, -0.2) is 9.97 Å². The first-order valence-corrected chi connectivity index (χ1v) is 15.7. The molecule has 4 heterocycles. The lowest BCUT2D eigenvalue weighted by Gasteiger charge is -2.37. The predicted octanol–water partition coefficient (Wildman–Crippen LogP) is 1.85. The third kappa shape index (κ3) is 8.76. The number of piperidine rings is 1. The molecule has 248 valence electrons. The highest BCUT2D eigenvalue weighted by Gasteiger charge is 2.31. The maximum Gasteiger partial charge on any atom is 0.228 e. The van der Waals surface area contributed by atoms with Crippen LogP contribution in [0.25, 0.3) is 11.0 Å². The van der Waals surface area contributed by atoms with Crippen LogP contribution in [-0.4, -0.2) is 153 Å². The van der Waals surface area contributed by atoms with E-state index in [1.807, 2.05) is 0 Å². The van der Waals surface area contributed by atoms with Gasteiger partial charge in [0.05, 0.1) is 44.7 Å². The van der Waals surface area contributed by atoms with Crippen molar-refractivity contribution >= 4 is 34.6 Å². The third-order valence-corrected chi connectivity index (χ3v) is 8.10. The molecule has 4 rings (SSSR count). The first-order chi connectivity index (χ1) is 21.4. The van der Waals surface area contributed by atoms with Gasteiger partial charge in [0.15, 0.2) is 11.6 Å². The van der Waals surface area contributed by atoms with Crippen molar-refractivity contribution in [2.45, 2.75) is 45.0 Å². The minimum Gasteiger partial charge on any atom is -0.383 e. The largest absolute Gasteiger partial charge is 0.383 e. The van der Waals surface area contributed by atoms with Crippen molar-refractivity contribution in [2.75, 3.05) is 134 Å². The molecule has 0 spiro atoms. The first kappa shape index (κ1) is 34.3. The molecule has 44 heavy (non-hydrogen) atoms. The van der Waals surface area contributed by atoms with Gasteiger partial charge in [-0.2, -0.15) is 9.97 Å². The summed E-state index contributed by atoms with van der Waals surface area (Å²) in [5.74, 6) is 2.80. The summed E-state index contributed by atoms with van der Waals surface area (Å²) in [4.78, 5) is 29.6. The van der Waals surface area contributed by atoms with Crippen LogP contribution >= 0.6 is 0 Å². The smallest absolute Gasteiger partial charge is 0.228 e. The van der Waals surface area contributed by atoms with Crippen LogP contribution < -0.4 is 19.6 Å². The van der Waals surface area contributed by atoms with Gasteiger partial charge in [-0.05, 0) is 26.7 Å². The van der Waals surface area contributed by atoms with Crippen molar-refractivity contribution in [1.82, 2.24) is 19.9 Å². The second-order valence-corrected chi connectivity index (χ2v) is 11.4. The van der Waals surface area contributed by atoms with Gasteiger partial charge >= 0.3 is 0 Å². The summed E-state index contributed by atoms with van der Waals surface area (Å²) in [6.07, 6.45) is 2.13. The molecule has 0 aliphatic carbocycles. The fraction of sp³-hybridized carbons (Fsp3) is 0.800. The molecule has 2 saturated heterocycles. The fourth-order valence-electron chi connectivity index (χ4n) is 5.77. The first-order valence-electron chi connectivity index (χ1n) is 15.7. The molecule has 0 radical (unpaired) electrons. The molecule has 14 heteroatoms. The second-order valence-electron chi connectivity index (χ2n) is 11.4. The lowest BCUT2D eigenvalue weighted by atomic mass is 10.1. The van der Waals surface area contributed by atoms with Crippen LogP contribution in [-0.2, 0) is 28.4 Å². The van der Waals surface area contributed by atoms with E-state index in [1.54, 1.807) is 35.5 Å². The Hall–Kier alpha value is -2.62. The van der Waals surface area contributed by atoms with Gasteiger partial charge in [0.25, 0.3) is 0 Å². The fourth-order valence-corrected chi connectivity index (χ4v) is 5.77. The molecule has 0 amide bonds. The van der Waals surface area contributed by atoms with E-state index in [0.29, 0.717) is 77.6 Å². The average molecular weight is 621 g/mol. The number of rotatable bonds is 17. The van der Waals surface area contributed by atoms with Gasteiger partial charge < -0.3 is 48.0 Å². The van der Waals surface area contributed by atoms with Crippen LogP contribution in [0.2, 0.25) is 0 Å². The number of hydrogen-bond acceptors (Lipinski definition) is 14. The standard InChI is InChI=1S/C30H52N8O6/c1-22-20-38(21-23(2)44-22)28-26-25(31-30(34-28)37(14-18-41-5)15-19-42-6)27(35-10-8-24(43-7)9-11-35)33-29(32-26)36(12-16-39-3)13-17-40-4/h22-24H,8-21H2,1-7H3/t22-,23+. The highest BCUT2D eigenvalue weighted by Crippen LogP contribution is 2.35. The maximum absolute atomic E-state index is 6.11. The Morgan fingerprint density at radius 1 is 0.636 bits per heavy atom. The Labute approximate surface area is 261 Å². The molecule has 2 aromatic rings. The molecule has 2 atom stereocenters. The van der Waals surface area contributed by atoms with Crippen LogP contribution in [0.4, 0.5) is 23.5 Å². The normalized spacial score (nSPS) is 19.6. The molecule has 2 fully saturated rings. The average Bonchev–Trinajstić information content (AvgIpc) is 3.03. The van der Waals surface area contributed by atoms with Crippen molar-refractivity contribution < 1.29 is 28.4 Å². The molecule has 2 aliphatic rings. The minimum absolute atomic E-state index is 0.0408. The van der Waals surface area contributed by atoms with Crippen LogP contribution in [0, 0.1) is 0 Å². The molecule has 2 aliphatic heterocycles. The number of ether oxygens (including phenoxy) is 6. The zero-order valence-electron chi connectivity index (χ0n) is 27.7. The third-order valence-electron chi connectivity index (χ3n) is 8.10. The van der Waals surface area contributed by atoms with Gasteiger partial charge in [-0.1, -0.05) is 0 Å². The monoisotopic (exact) mass is 620 g/mol. The Morgan fingerprint density at radius 2 is 1.05 bits per heavy atom. The van der Waals surface area contributed by atoms with Gasteiger partial charge in [-0.15, -0.1) is 0 Å². The Kier molecular flexibility index (Phi) is 13.4. The zero-order valence-corrected chi connectivity index (χ0v) is 27.7. The molecule has 0 unspecified atom stereocenters. The molecular formula is C30H52N8O6. The van der Waals surface area contributed by atoms with Crippen LogP contribution in [0.1, 0.15) is 26.7 Å². The highest BCUT2D eigenvalue weighted by molar-refractivity contribution is 5.95. The van der Waals surface area contributed by atoms with E-state index in [0.717, 1.165) is 48.6 Å². The summed E-state index contributed by atoms with van der Waals surface area (Å²) in [5, 5.41) is 0. The van der Waals surface area contributed by atoms with Gasteiger partial charge in [-0.3, -0.25) is 0 Å². The van der Waals surface area contributed by atoms with Gasteiger partial charge in [0.1, 0.15) is 11.0 Å². The van der Waals surface area contributed by atoms with Crippen LogP contribution in [0.5, 0.6) is 0 Å². The predicted molar refractivity (Wildman–Crippen MR) is 172 cm³/mol. The summed E-state index contributed by atoms with van der Waals surface area (Å²) < 4.78 is 33.6. The summed E-state index contributed by atoms with van der Waals surface area (Å²) >= 11 is 0. The molecule has 0 aromatic carbocycles. The van der Waals surface area contributed by atoms with E-state index >= 15 is 0 Å². The minimum atomic E-state index is 0.0408. The van der Waals surface area contributed by atoms with Crippen molar-refractivity contribution in [2.24, 2.45) is 0 Å². The summed E-state index contributed by atoms with van der Waals surface area (Å²) in [6, 6.07) is 0. The van der Waals surface area contributed by atoms with Crippen LogP contribution in [0.3, 0.4) is 0 Å². The van der Waals surface area contributed by atoms with Crippen molar-refractivity contribution in [1.29, 1.82) is 0 Å². The SMILES string of the molecule is COCCN(CCOC)c1nc(N2C[C@@H](C)O[C@@H](C)C2)c2nc(N(CCOC)CCOC)nc(N3CCC(OC)CC3)c2n1. The lowest BCUT2D eigenvalue weighted by Crippen LogP contribution is -2.46. The number of aromatic nitrogens is 4. The number of nitrogens with zero attached hydrogens (tertiary/aromatic N) is 8. The number of morpholine rings is 1. The van der Waals surface area contributed by atoms with E-state index in [9.17, 15) is 0 Å². The zero-order chi connectivity index (χ0) is 31.5. The molecule has 0 bridgehead atoms. The quantitative estimate of drug-likeness (QED) is 0.256. The van der Waals surface area contributed by atoms with Gasteiger partial charge in [0, 0.05) is 87.9 Å². The molecule has 0 N–H and O–H groups in total. The second kappa shape index (κ2) is 17.2. The van der Waals surface area contributed by atoms with Gasteiger partial charge in [0.2, 0.25) is 11.9 Å². The summed E-state index contributed by atoms with van der Waals surface area (Å²) in [6.45, 7) is 11.8. The van der Waals surface area contributed by atoms with E-state index in [4.69, 9.17) is 48.4 Å². The van der Waals surface area contributed by atoms with E-state index in [-0.39, 0.29) is 18.3 Å². The summed E-state index contributed by atoms with van der Waals surface area (Å²) in [5.41, 5.74) is 1.46. The summed E-state index contributed by atoms with van der Waals surface area (Å²) in [7, 11) is 8.59. The highest BCUT2D eigenvalue weighted by atomic mass is 16.5. The van der Waals surface area contributed by atoms with Crippen molar-refractivity contribution in [3.8, 4) is 0 Å². The number of fused-ring (bicyclic) bond motifs is 1. The Balaban J connectivity index is 1.93. The van der Waals surface area contributed by atoms with Crippen LogP contribution in [0.15, 0.2) is 0 Å². The number of anilines is 4. The van der Waals surface area contributed by atoms with E-state index in [2.05, 4.69) is 33.4 Å².